The molecule has 2 aromatic rings. The van der Waals surface area contributed by atoms with Gasteiger partial charge in [0.1, 0.15) is 0 Å². The lowest BCUT2D eigenvalue weighted by Gasteiger charge is -2.10. The van der Waals surface area contributed by atoms with Crippen LogP contribution in [-0.4, -0.2) is 21.0 Å². The zero-order chi connectivity index (χ0) is 19.2. The maximum Gasteiger partial charge on any atom is 0.328 e. The number of urea groups is 1. The van der Waals surface area contributed by atoms with Crippen molar-refractivity contribution in [3.05, 3.63) is 64.2 Å². The molecule has 0 fully saturated rings. The molecule has 0 aromatic heterocycles. The van der Waals surface area contributed by atoms with E-state index in [1.807, 2.05) is 29.8 Å². The molecule has 4 N–H and O–H groups in total. The van der Waals surface area contributed by atoms with Crippen LogP contribution >= 0.6 is 11.6 Å². The summed E-state index contributed by atoms with van der Waals surface area (Å²) in [6, 6.07) is 11.0. The Kier molecular flexibility index (Phi) is 7.02. The summed E-state index contributed by atoms with van der Waals surface area (Å²) in [5.41, 5.74) is 8.38. The van der Waals surface area contributed by atoms with E-state index in [1.54, 1.807) is 12.1 Å². The number of carbonyl (C=O) groups is 1. The number of nitrogens with two attached hydrogens (primary N) is 1. The van der Waals surface area contributed by atoms with Crippen LogP contribution in [0.3, 0.4) is 0 Å². The predicted octanol–water partition coefficient (Wildman–Crippen LogP) is 2.59. The van der Waals surface area contributed by atoms with Gasteiger partial charge in [-0.25, -0.2) is 17.9 Å². The van der Waals surface area contributed by atoms with Crippen molar-refractivity contribution in [1.82, 2.24) is 10.0 Å². The smallest absolute Gasteiger partial charge is 0.328 e. The van der Waals surface area contributed by atoms with Crippen LogP contribution in [0.5, 0.6) is 0 Å². The number of rotatable bonds is 7. The van der Waals surface area contributed by atoms with Gasteiger partial charge in [-0.15, -0.1) is 0 Å². The lowest BCUT2D eigenvalue weighted by Crippen LogP contribution is -2.40. The Morgan fingerprint density at radius 3 is 2.35 bits per heavy atom. The van der Waals surface area contributed by atoms with Crippen LogP contribution in [0, 0.1) is 0 Å². The maximum absolute atomic E-state index is 12.2. The summed E-state index contributed by atoms with van der Waals surface area (Å²) >= 11 is 6.06. The highest BCUT2D eigenvalue weighted by atomic mass is 35.5. The summed E-state index contributed by atoms with van der Waals surface area (Å²) in [5.74, 6) is 0. The molecule has 0 heterocycles. The van der Waals surface area contributed by atoms with Crippen LogP contribution in [-0.2, 0) is 29.4 Å². The Bertz CT molecular complexity index is 868. The van der Waals surface area contributed by atoms with E-state index in [0.29, 0.717) is 18.0 Å². The van der Waals surface area contributed by atoms with Gasteiger partial charge in [-0.3, -0.25) is 0 Å². The quantitative estimate of drug-likeness (QED) is 0.670. The van der Waals surface area contributed by atoms with E-state index in [0.717, 1.165) is 23.1 Å². The van der Waals surface area contributed by atoms with Crippen LogP contribution in [0.2, 0.25) is 5.02 Å². The van der Waals surface area contributed by atoms with Crippen LogP contribution in [0.1, 0.15) is 23.6 Å². The second kappa shape index (κ2) is 9.02. The number of hydrogen-bond donors (Lipinski definition) is 3. The second-order valence-electron chi connectivity index (χ2n) is 5.78. The van der Waals surface area contributed by atoms with Gasteiger partial charge >= 0.3 is 6.03 Å². The van der Waals surface area contributed by atoms with Gasteiger partial charge < -0.3 is 11.1 Å². The van der Waals surface area contributed by atoms with Crippen molar-refractivity contribution in [2.45, 2.75) is 31.2 Å². The van der Waals surface area contributed by atoms with Crippen molar-refractivity contribution < 1.29 is 13.2 Å². The minimum Gasteiger partial charge on any atom is -0.337 e. The number of sulfonamides is 1. The average Bonchev–Trinajstić information content (AvgIpc) is 2.60. The van der Waals surface area contributed by atoms with Crippen LogP contribution < -0.4 is 15.8 Å². The zero-order valence-electron chi connectivity index (χ0n) is 14.5. The monoisotopic (exact) mass is 395 g/mol. The molecule has 26 heavy (non-hydrogen) atoms. The molecule has 0 radical (unpaired) electrons. The molecule has 0 bridgehead atoms. The van der Waals surface area contributed by atoms with Gasteiger partial charge in [0.25, 0.3) is 10.0 Å². The summed E-state index contributed by atoms with van der Waals surface area (Å²) in [7, 11) is -3.92. The van der Waals surface area contributed by atoms with E-state index in [-0.39, 0.29) is 11.4 Å². The summed E-state index contributed by atoms with van der Waals surface area (Å²) in [6.45, 7) is 2.64. The van der Waals surface area contributed by atoms with Crippen molar-refractivity contribution in [2.24, 2.45) is 5.73 Å². The number of amides is 2. The van der Waals surface area contributed by atoms with Crippen LogP contribution in [0.4, 0.5) is 4.79 Å². The molecule has 2 aromatic carbocycles. The Morgan fingerprint density at radius 1 is 1.08 bits per heavy atom. The van der Waals surface area contributed by atoms with Gasteiger partial charge in [-0.1, -0.05) is 36.7 Å². The van der Waals surface area contributed by atoms with Crippen molar-refractivity contribution in [2.75, 3.05) is 6.54 Å². The molecular formula is C18H22ClN3O3S. The number of nitrogens with one attached hydrogen (secondary N) is 2. The molecule has 0 aliphatic rings. The highest BCUT2D eigenvalue weighted by Gasteiger charge is 2.17. The number of carbonyl (C=O) groups excluding carboxylic acids is 1. The molecule has 0 atom stereocenters. The summed E-state index contributed by atoms with van der Waals surface area (Å²) < 4.78 is 26.4. The Labute approximate surface area is 158 Å². The molecule has 140 valence electrons. The Morgan fingerprint density at radius 2 is 1.73 bits per heavy atom. The molecule has 0 saturated carbocycles. The third kappa shape index (κ3) is 5.72. The second-order valence-corrected chi connectivity index (χ2v) is 7.90. The Hall–Kier alpha value is -2.09. The van der Waals surface area contributed by atoms with Crippen LogP contribution in [0.25, 0.3) is 0 Å². The van der Waals surface area contributed by atoms with Gasteiger partial charge in [-0.05, 0) is 53.8 Å². The summed E-state index contributed by atoms with van der Waals surface area (Å²) in [5, 5.41) is 3.19. The van der Waals surface area contributed by atoms with E-state index in [1.165, 1.54) is 12.1 Å². The van der Waals surface area contributed by atoms with Crippen molar-refractivity contribution in [1.29, 1.82) is 0 Å². The maximum atomic E-state index is 12.2. The van der Waals surface area contributed by atoms with Gasteiger partial charge in [0.2, 0.25) is 0 Å². The lowest BCUT2D eigenvalue weighted by atomic mass is 10.1. The third-order valence-electron chi connectivity index (χ3n) is 3.82. The fourth-order valence-electron chi connectivity index (χ4n) is 2.41. The van der Waals surface area contributed by atoms with Crippen LogP contribution in [0.15, 0.2) is 47.4 Å². The number of hydrogen-bond acceptors (Lipinski definition) is 4. The molecule has 0 saturated heterocycles. The first kappa shape index (κ1) is 20.2. The number of benzene rings is 2. The van der Waals surface area contributed by atoms with Gasteiger partial charge in [0, 0.05) is 18.1 Å². The topological polar surface area (TPSA) is 101 Å². The fourth-order valence-corrected chi connectivity index (χ4v) is 3.62. The lowest BCUT2D eigenvalue weighted by molar-refractivity contribution is 0.246. The molecule has 2 rings (SSSR count). The summed E-state index contributed by atoms with van der Waals surface area (Å²) in [4.78, 5) is 11.9. The van der Waals surface area contributed by atoms with E-state index < -0.39 is 16.1 Å². The van der Waals surface area contributed by atoms with Gasteiger partial charge in [0.15, 0.2) is 0 Å². The highest BCUT2D eigenvalue weighted by molar-refractivity contribution is 7.90. The fraction of sp³-hybridized carbons (Fsp3) is 0.278. The third-order valence-corrected chi connectivity index (χ3v) is 5.39. The highest BCUT2D eigenvalue weighted by Crippen LogP contribution is 2.16. The minimum absolute atomic E-state index is 0.00674. The predicted molar refractivity (Wildman–Crippen MR) is 103 cm³/mol. The number of aryl methyl sites for hydroxylation is 1. The molecule has 6 nitrogen and oxygen atoms in total. The molecule has 0 spiro atoms. The molecule has 8 heteroatoms. The normalized spacial score (nSPS) is 11.2. The van der Waals surface area contributed by atoms with E-state index in [9.17, 15) is 13.2 Å². The standard InChI is InChI=1S/C18H22ClN3O3S/c1-2-13-9-15(11-16(19)10-13)7-8-21-18(23)22-26(24,25)17-5-3-14(12-20)4-6-17/h3-6,9-11H,2,7-8,12,20H2,1H3,(H2,21,22,23). The number of halogens is 1. The van der Waals surface area contributed by atoms with E-state index >= 15 is 0 Å². The van der Waals surface area contributed by atoms with Gasteiger partial charge in [0.05, 0.1) is 4.90 Å². The molecule has 0 aliphatic carbocycles. The molecule has 2 amide bonds. The zero-order valence-corrected chi connectivity index (χ0v) is 16.0. The van der Waals surface area contributed by atoms with Crippen molar-refractivity contribution in [3.8, 4) is 0 Å². The average molecular weight is 396 g/mol. The first-order valence-corrected chi connectivity index (χ1v) is 10.1. The SMILES string of the molecule is CCc1cc(Cl)cc(CCNC(=O)NS(=O)(=O)c2ccc(CN)cc2)c1. The molecular weight excluding hydrogens is 374 g/mol. The molecule has 0 aliphatic heterocycles. The first-order chi connectivity index (χ1) is 12.3. The first-order valence-electron chi connectivity index (χ1n) is 8.22. The largest absolute Gasteiger partial charge is 0.337 e. The van der Waals surface area contributed by atoms with Crippen molar-refractivity contribution >= 4 is 27.7 Å². The molecule has 0 unspecified atom stereocenters. The van der Waals surface area contributed by atoms with Gasteiger partial charge in [-0.2, -0.15) is 0 Å². The minimum atomic E-state index is -3.92. The summed E-state index contributed by atoms with van der Waals surface area (Å²) in [6.07, 6.45) is 1.41. The van der Waals surface area contributed by atoms with E-state index in [4.69, 9.17) is 17.3 Å². The van der Waals surface area contributed by atoms with E-state index in [2.05, 4.69) is 5.32 Å². The Balaban J connectivity index is 1.90. The van der Waals surface area contributed by atoms with Crippen molar-refractivity contribution in [3.63, 3.8) is 0 Å².